The molecule has 1 unspecified atom stereocenters. The Balaban J connectivity index is 1.70. The second kappa shape index (κ2) is 6.99. The van der Waals surface area contributed by atoms with Gasteiger partial charge in [-0.05, 0) is 23.6 Å². The molecule has 0 radical (unpaired) electrons. The Hall–Kier alpha value is -1.43. The number of ether oxygens (including phenoxy) is 1. The zero-order chi connectivity index (χ0) is 16.4. The molecule has 1 amide bonds. The van der Waals surface area contributed by atoms with E-state index in [-0.39, 0.29) is 11.8 Å². The highest BCUT2D eigenvalue weighted by molar-refractivity contribution is 5.96. The van der Waals surface area contributed by atoms with Crippen LogP contribution in [0.1, 0.15) is 31.1 Å². The van der Waals surface area contributed by atoms with Crippen LogP contribution >= 0.6 is 0 Å². The number of anilines is 1. The standard InChI is InChI=1S/C18H26N2O3/c1-13(2)18(22)20-6-5-14-11-15(3-4-16(14)20)17(21)12-19-7-9-23-10-8-19/h3-4,11,13,17,21H,5-10,12H2,1-2H3. The minimum Gasteiger partial charge on any atom is -0.387 e. The molecule has 5 heteroatoms. The van der Waals surface area contributed by atoms with E-state index in [1.54, 1.807) is 0 Å². The molecule has 0 bridgehead atoms. The number of hydrogen-bond donors (Lipinski definition) is 1. The fourth-order valence-corrected chi connectivity index (χ4v) is 3.30. The van der Waals surface area contributed by atoms with E-state index < -0.39 is 6.10 Å². The first-order chi connectivity index (χ1) is 11.1. The normalized spacial score (nSPS) is 19.9. The first kappa shape index (κ1) is 16.4. The van der Waals surface area contributed by atoms with Crippen molar-refractivity contribution in [2.24, 2.45) is 5.92 Å². The number of nitrogens with zero attached hydrogens (tertiary/aromatic N) is 2. The summed E-state index contributed by atoms with van der Waals surface area (Å²) in [6.45, 7) is 8.47. The van der Waals surface area contributed by atoms with E-state index in [1.807, 2.05) is 30.9 Å². The van der Waals surface area contributed by atoms with Crippen LogP contribution in [-0.4, -0.2) is 55.3 Å². The Kier molecular flexibility index (Phi) is 4.99. The van der Waals surface area contributed by atoms with Crippen LogP contribution in [0.5, 0.6) is 0 Å². The largest absolute Gasteiger partial charge is 0.387 e. The van der Waals surface area contributed by atoms with E-state index >= 15 is 0 Å². The molecule has 0 aliphatic carbocycles. The Morgan fingerprint density at radius 3 is 2.70 bits per heavy atom. The Labute approximate surface area is 137 Å². The van der Waals surface area contributed by atoms with Crippen LogP contribution in [0.2, 0.25) is 0 Å². The predicted octanol–water partition coefficient (Wildman–Crippen LogP) is 1.60. The van der Waals surface area contributed by atoms with Crippen LogP contribution in [0.25, 0.3) is 0 Å². The number of carbonyl (C=O) groups excluding carboxylic acids is 1. The summed E-state index contributed by atoms with van der Waals surface area (Å²) >= 11 is 0. The number of carbonyl (C=O) groups is 1. The fraction of sp³-hybridized carbons (Fsp3) is 0.611. The molecule has 3 rings (SSSR count). The molecule has 0 aromatic heterocycles. The van der Waals surface area contributed by atoms with E-state index in [1.165, 1.54) is 0 Å². The lowest BCUT2D eigenvalue weighted by molar-refractivity contribution is -0.121. The zero-order valence-electron chi connectivity index (χ0n) is 14.0. The molecule has 2 aliphatic rings. The molecule has 2 aliphatic heterocycles. The number of fused-ring (bicyclic) bond motifs is 1. The van der Waals surface area contributed by atoms with Crippen LogP contribution in [-0.2, 0) is 16.0 Å². The van der Waals surface area contributed by atoms with Crippen molar-refractivity contribution in [1.29, 1.82) is 0 Å². The molecule has 1 aromatic carbocycles. The summed E-state index contributed by atoms with van der Waals surface area (Å²) in [5.74, 6) is 0.179. The van der Waals surface area contributed by atoms with Crippen molar-refractivity contribution in [3.63, 3.8) is 0 Å². The second-order valence-electron chi connectivity index (χ2n) is 6.71. The highest BCUT2D eigenvalue weighted by Crippen LogP contribution is 2.31. The van der Waals surface area contributed by atoms with Crippen molar-refractivity contribution in [2.45, 2.75) is 26.4 Å². The zero-order valence-corrected chi connectivity index (χ0v) is 14.0. The molecule has 23 heavy (non-hydrogen) atoms. The number of benzene rings is 1. The SMILES string of the molecule is CC(C)C(=O)N1CCc2cc(C(O)CN3CCOCC3)ccc21. The number of amides is 1. The summed E-state index contributed by atoms with van der Waals surface area (Å²) in [7, 11) is 0. The van der Waals surface area contributed by atoms with Gasteiger partial charge in [-0.3, -0.25) is 9.69 Å². The maximum absolute atomic E-state index is 12.2. The summed E-state index contributed by atoms with van der Waals surface area (Å²) < 4.78 is 5.34. The van der Waals surface area contributed by atoms with Gasteiger partial charge in [0.15, 0.2) is 0 Å². The number of β-amino-alcohol motifs (C(OH)–C–C–N with tert-alkyl or cyclic N) is 1. The summed E-state index contributed by atoms with van der Waals surface area (Å²) in [6.07, 6.45) is 0.375. The molecule has 1 atom stereocenters. The summed E-state index contributed by atoms with van der Waals surface area (Å²) in [6, 6.07) is 6.00. The van der Waals surface area contributed by atoms with Gasteiger partial charge in [-0.2, -0.15) is 0 Å². The minimum atomic E-state index is -0.492. The van der Waals surface area contributed by atoms with Crippen molar-refractivity contribution < 1.29 is 14.6 Å². The Morgan fingerprint density at radius 2 is 2.00 bits per heavy atom. The molecule has 1 saturated heterocycles. The van der Waals surface area contributed by atoms with Gasteiger partial charge < -0.3 is 14.7 Å². The van der Waals surface area contributed by atoms with Crippen LogP contribution in [0.15, 0.2) is 18.2 Å². The Bertz CT molecular complexity index is 567. The first-order valence-electron chi connectivity index (χ1n) is 8.48. The van der Waals surface area contributed by atoms with E-state index in [4.69, 9.17) is 4.74 Å². The lowest BCUT2D eigenvalue weighted by atomic mass is 10.0. The molecule has 1 aromatic rings. The second-order valence-corrected chi connectivity index (χ2v) is 6.71. The lowest BCUT2D eigenvalue weighted by Gasteiger charge is -2.28. The third-order valence-electron chi connectivity index (χ3n) is 4.68. The maximum Gasteiger partial charge on any atom is 0.229 e. The van der Waals surface area contributed by atoms with Crippen molar-refractivity contribution in [1.82, 2.24) is 4.90 Å². The van der Waals surface area contributed by atoms with Gasteiger partial charge in [0.25, 0.3) is 0 Å². The van der Waals surface area contributed by atoms with Crippen molar-refractivity contribution in [3.05, 3.63) is 29.3 Å². The van der Waals surface area contributed by atoms with E-state index in [0.717, 1.165) is 56.1 Å². The van der Waals surface area contributed by atoms with Gasteiger partial charge in [-0.1, -0.05) is 26.0 Å². The number of aliphatic hydroxyl groups is 1. The fourth-order valence-electron chi connectivity index (χ4n) is 3.30. The van der Waals surface area contributed by atoms with Crippen LogP contribution in [0.3, 0.4) is 0 Å². The van der Waals surface area contributed by atoms with Crippen LogP contribution in [0, 0.1) is 5.92 Å². The quantitative estimate of drug-likeness (QED) is 0.916. The number of rotatable bonds is 4. The highest BCUT2D eigenvalue weighted by Gasteiger charge is 2.27. The number of morpholine rings is 1. The molecule has 2 heterocycles. The third kappa shape index (κ3) is 3.57. The molecule has 1 fully saturated rings. The predicted molar refractivity (Wildman–Crippen MR) is 89.6 cm³/mol. The van der Waals surface area contributed by atoms with E-state index in [9.17, 15) is 9.90 Å². The average molecular weight is 318 g/mol. The molecule has 1 N–H and O–H groups in total. The van der Waals surface area contributed by atoms with Gasteiger partial charge in [0.2, 0.25) is 5.91 Å². The lowest BCUT2D eigenvalue weighted by Crippen LogP contribution is -2.38. The Morgan fingerprint density at radius 1 is 1.26 bits per heavy atom. The van der Waals surface area contributed by atoms with Gasteiger partial charge in [-0.15, -0.1) is 0 Å². The number of aliphatic hydroxyl groups excluding tert-OH is 1. The maximum atomic E-state index is 12.2. The topological polar surface area (TPSA) is 53.0 Å². The van der Waals surface area contributed by atoms with E-state index in [2.05, 4.69) is 11.0 Å². The average Bonchev–Trinajstić information content (AvgIpc) is 2.97. The van der Waals surface area contributed by atoms with Gasteiger partial charge in [0.1, 0.15) is 0 Å². The van der Waals surface area contributed by atoms with Crippen LogP contribution in [0.4, 0.5) is 5.69 Å². The summed E-state index contributed by atoms with van der Waals surface area (Å²) in [5, 5.41) is 10.5. The molecular weight excluding hydrogens is 292 g/mol. The molecule has 5 nitrogen and oxygen atoms in total. The molecular formula is C18H26N2O3. The summed E-state index contributed by atoms with van der Waals surface area (Å²) in [5.41, 5.74) is 3.11. The smallest absolute Gasteiger partial charge is 0.229 e. The summed E-state index contributed by atoms with van der Waals surface area (Å²) in [4.78, 5) is 16.4. The highest BCUT2D eigenvalue weighted by atomic mass is 16.5. The monoisotopic (exact) mass is 318 g/mol. The van der Waals surface area contributed by atoms with Crippen molar-refractivity contribution in [2.75, 3.05) is 44.3 Å². The van der Waals surface area contributed by atoms with Crippen molar-refractivity contribution in [3.8, 4) is 0 Å². The van der Waals surface area contributed by atoms with Gasteiger partial charge in [-0.25, -0.2) is 0 Å². The van der Waals surface area contributed by atoms with E-state index in [0.29, 0.717) is 6.54 Å². The van der Waals surface area contributed by atoms with Gasteiger partial charge in [0, 0.05) is 37.8 Å². The van der Waals surface area contributed by atoms with Crippen LogP contribution < -0.4 is 4.90 Å². The number of hydrogen-bond acceptors (Lipinski definition) is 4. The molecule has 0 spiro atoms. The minimum absolute atomic E-state index is 0.00698. The third-order valence-corrected chi connectivity index (χ3v) is 4.68. The van der Waals surface area contributed by atoms with Gasteiger partial charge in [0.05, 0.1) is 19.3 Å². The van der Waals surface area contributed by atoms with Gasteiger partial charge >= 0.3 is 0 Å². The first-order valence-corrected chi connectivity index (χ1v) is 8.48. The van der Waals surface area contributed by atoms with Crippen molar-refractivity contribution >= 4 is 11.6 Å². The molecule has 0 saturated carbocycles. The molecule has 126 valence electrons.